The minimum atomic E-state index is 0.549. The van der Waals surface area contributed by atoms with Gasteiger partial charge in [0.25, 0.3) is 0 Å². The molecule has 1 aromatic heterocycles. The van der Waals surface area contributed by atoms with Gasteiger partial charge in [-0.05, 0) is 31.2 Å². The molecule has 2 rings (SSSR count). The van der Waals surface area contributed by atoms with Crippen LogP contribution >= 0.6 is 11.6 Å². The Morgan fingerprint density at radius 2 is 2.17 bits per heavy atom. The highest BCUT2D eigenvalue weighted by atomic mass is 35.5. The molecule has 18 heavy (non-hydrogen) atoms. The monoisotopic (exact) mass is 263 g/mol. The quantitative estimate of drug-likeness (QED) is 0.920. The smallest absolute Gasteiger partial charge is 0.161 e. The van der Waals surface area contributed by atoms with Crippen molar-refractivity contribution in [3.63, 3.8) is 0 Å². The Labute approximate surface area is 111 Å². The third kappa shape index (κ3) is 2.71. The van der Waals surface area contributed by atoms with Gasteiger partial charge in [-0.15, -0.1) is 0 Å². The fourth-order valence-electron chi connectivity index (χ4n) is 1.58. The van der Waals surface area contributed by atoms with Crippen molar-refractivity contribution in [3.05, 3.63) is 35.5 Å². The zero-order valence-electron chi connectivity index (χ0n) is 10.3. The highest BCUT2D eigenvalue weighted by Crippen LogP contribution is 2.28. The van der Waals surface area contributed by atoms with Crippen molar-refractivity contribution in [2.45, 2.75) is 6.92 Å². The van der Waals surface area contributed by atoms with E-state index in [0.29, 0.717) is 16.6 Å². The molecule has 0 radical (unpaired) electrons. The molecule has 0 unspecified atom stereocenters. The van der Waals surface area contributed by atoms with Gasteiger partial charge in [-0.2, -0.15) is 0 Å². The predicted octanol–water partition coefficient (Wildman–Crippen LogP) is 3.24. The minimum absolute atomic E-state index is 0.549. The molecular weight excluding hydrogens is 250 g/mol. The van der Waals surface area contributed by atoms with Gasteiger partial charge in [0.05, 0.1) is 12.1 Å². The number of hydrogen-bond donors (Lipinski definition) is 1. The fourth-order valence-corrected chi connectivity index (χ4v) is 1.84. The van der Waals surface area contributed by atoms with E-state index in [0.717, 1.165) is 17.9 Å². The standard InChI is InChI=1S/C13H14ClN3O/c1-3-15-12-6-7-16-13(17-12)9-4-5-11(18-2)10(14)8-9/h4-8H,3H2,1-2H3,(H,15,16,17). The maximum atomic E-state index is 6.08. The van der Waals surface area contributed by atoms with Crippen LogP contribution in [0.5, 0.6) is 5.75 Å². The van der Waals surface area contributed by atoms with E-state index < -0.39 is 0 Å². The molecule has 2 aromatic rings. The molecule has 1 aromatic carbocycles. The molecular formula is C13H14ClN3O. The third-order valence-electron chi connectivity index (χ3n) is 2.42. The molecule has 0 saturated carbocycles. The molecule has 4 nitrogen and oxygen atoms in total. The number of rotatable bonds is 4. The van der Waals surface area contributed by atoms with E-state index in [-0.39, 0.29) is 0 Å². The third-order valence-corrected chi connectivity index (χ3v) is 2.72. The second-order valence-corrected chi connectivity index (χ2v) is 4.05. The first-order chi connectivity index (χ1) is 8.74. The molecule has 0 aliphatic carbocycles. The minimum Gasteiger partial charge on any atom is -0.495 e. The van der Waals surface area contributed by atoms with E-state index in [1.165, 1.54) is 0 Å². The summed E-state index contributed by atoms with van der Waals surface area (Å²) < 4.78 is 5.11. The van der Waals surface area contributed by atoms with Crippen LogP contribution in [0.4, 0.5) is 5.82 Å². The first kappa shape index (κ1) is 12.6. The van der Waals surface area contributed by atoms with Gasteiger partial charge in [0.2, 0.25) is 0 Å². The molecule has 0 atom stereocenters. The Balaban J connectivity index is 2.36. The van der Waals surface area contributed by atoms with Crippen LogP contribution in [0.3, 0.4) is 0 Å². The number of hydrogen-bond acceptors (Lipinski definition) is 4. The SMILES string of the molecule is CCNc1ccnc(-c2ccc(OC)c(Cl)c2)n1. The molecule has 0 aliphatic rings. The van der Waals surface area contributed by atoms with Crippen LogP contribution in [0.25, 0.3) is 11.4 Å². The first-order valence-corrected chi connectivity index (χ1v) is 6.03. The van der Waals surface area contributed by atoms with E-state index in [1.807, 2.05) is 19.1 Å². The summed E-state index contributed by atoms with van der Waals surface area (Å²) in [6.07, 6.45) is 1.72. The lowest BCUT2D eigenvalue weighted by Crippen LogP contribution is -2.00. The summed E-state index contributed by atoms with van der Waals surface area (Å²) in [6.45, 7) is 2.84. The molecule has 0 saturated heterocycles. The van der Waals surface area contributed by atoms with Crippen LogP contribution in [-0.2, 0) is 0 Å². The second-order valence-electron chi connectivity index (χ2n) is 3.65. The largest absolute Gasteiger partial charge is 0.495 e. The van der Waals surface area contributed by atoms with E-state index in [2.05, 4.69) is 15.3 Å². The number of anilines is 1. The molecule has 0 aliphatic heterocycles. The van der Waals surface area contributed by atoms with Gasteiger partial charge in [0.1, 0.15) is 11.6 Å². The van der Waals surface area contributed by atoms with Gasteiger partial charge >= 0.3 is 0 Å². The Hall–Kier alpha value is -1.81. The Morgan fingerprint density at radius 3 is 2.83 bits per heavy atom. The summed E-state index contributed by atoms with van der Waals surface area (Å²) in [4.78, 5) is 8.65. The average Bonchev–Trinajstić information content (AvgIpc) is 2.39. The number of halogens is 1. The van der Waals surface area contributed by atoms with Crippen LogP contribution in [0.15, 0.2) is 30.5 Å². The van der Waals surface area contributed by atoms with Gasteiger partial charge < -0.3 is 10.1 Å². The molecule has 94 valence electrons. The van der Waals surface area contributed by atoms with Crippen molar-refractivity contribution in [2.75, 3.05) is 19.0 Å². The summed E-state index contributed by atoms with van der Waals surface area (Å²) >= 11 is 6.08. The number of nitrogens with one attached hydrogen (secondary N) is 1. The maximum Gasteiger partial charge on any atom is 0.161 e. The zero-order chi connectivity index (χ0) is 13.0. The topological polar surface area (TPSA) is 47.0 Å². The Morgan fingerprint density at radius 1 is 1.33 bits per heavy atom. The number of nitrogens with zero attached hydrogens (tertiary/aromatic N) is 2. The van der Waals surface area contributed by atoms with Gasteiger partial charge in [-0.25, -0.2) is 9.97 Å². The Bertz CT molecular complexity index is 546. The molecule has 0 spiro atoms. The molecule has 1 N–H and O–H groups in total. The van der Waals surface area contributed by atoms with Gasteiger partial charge in [-0.1, -0.05) is 11.6 Å². The maximum absolute atomic E-state index is 6.08. The van der Waals surface area contributed by atoms with Crippen molar-refractivity contribution in [1.29, 1.82) is 0 Å². The van der Waals surface area contributed by atoms with Crippen molar-refractivity contribution in [3.8, 4) is 17.1 Å². The van der Waals surface area contributed by atoms with Gasteiger partial charge in [-0.3, -0.25) is 0 Å². The Kier molecular flexibility index (Phi) is 3.99. The van der Waals surface area contributed by atoms with Crippen molar-refractivity contribution in [2.24, 2.45) is 0 Å². The summed E-state index contributed by atoms with van der Waals surface area (Å²) in [7, 11) is 1.59. The molecule has 0 bridgehead atoms. The van der Waals surface area contributed by atoms with Crippen LogP contribution in [0, 0.1) is 0 Å². The lowest BCUT2D eigenvalue weighted by Gasteiger charge is -2.07. The van der Waals surface area contributed by atoms with Crippen molar-refractivity contribution in [1.82, 2.24) is 9.97 Å². The van der Waals surface area contributed by atoms with Crippen LogP contribution in [0.1, 0.15) is 6.92 Å². The van der Waals surface area contributed by atoms with Crippen LogP contribution in [0.2, 0.25) is 5.02 Å². The molecule has 5 heteroatoms. The molecule has 0 amide bonds. The highest BCUT2D eigenvalue weighted by molar-refractivity contribution is 6.32. The van der Waals surface area contributed by atoms with Crippen LogP contribution < -0.4 is 10.1 Å². The van der Waals surface area contributed by atoms with Crippen molar-refractivity contribution < 1.29 is 4.74 Å². The van der Waals surface area contributed by atoms with Gasteiger partial charge in [0.15, 0.2) is 5.82 Å². The predicted molar refractivity (Wildman–Crippen MR) is 73.2 cm³/mol. The average molecular weight is 264 g/mol. The fraction of sp³-hybridized carbons (Fsp3) is 0.231. The van der Waals surface area contributed by atoms with E-state index in [1.54, 1.807) is 25.4 Å². The van der Waals surface area contributed by atoms with E-state index in [4.69, 9.17) is 16.3 Å². The summed E-state index contributed by atoms with van der Waals surface area (Å²) in [5, 5.41) is 3.69. The van der Waals surface area contributed by atoms with E-state index >= 15 is 0 Å². The van der Waals surface area contributed by atoms with Crippen LogP contribution in [-0.4, -0.2) is 23.6 Å². The normalized spacial score (nSPS) is 10.2. The lowest BCUT2D eigenvalue weighted by atomic mass is 10.2. The number of benzene rings is 1. The molecule has 1 heterocycles. The van der Waals surface area contributed by atoms with E-state index in [9.17, 15) is 0 Å². The molecule has 0 fully saturated rings. The first-order valence-electron chi connectivity index (χ1n) is 5.65. The number of methoxy groups -OCH3 is 1. The summed E-state index contributed by atoms with van der Waals surface area (Å²) in [5.74, 6) is 2.08. The second kappa shape index (κ2) is 5.69. The highest BCUT2D eigenvalue weighted by Gasteiger charge is 2.06. The van der Waals surface area contributed by atoms with Gasteiger partial charge in [0, 0.05) is 18.3 Å². The lowest BCUT2D eigenvalue weighted by molar-refractivity contribution is 0.415. The van der Waals surface area contributed by atoms with Crippen molar-refractivity contribution >= 4 is 17.4 Å². The number of aromatic nitrogens is 2. The summed E-state index contributed by atoms with van der Waals surface area (Å²) in [6, 6.07) is 7.32. The number of ether oxygens (including phenoxy) is 1. The summed E-state index contributed by atoms with van der Waals surface area (Å²) in [5.41, 5.74) is 0.862. The zero-order valence-corrected chi connectivity index (χ0v) is 11.0.